The van der Waals surface area contributed by atoms with Crippen LogP contribution in [0.2, 0.25) is 0 Å². The Hall–Kier alpha value is -2.87. The molecule has 0 amide bonds. The highest BCUT2D eigenvalue weighted by molar-refractivity contribution is 5.38. The zero-order chi connectivity index (χ0) is 19.1. The van der Waals surface area contributed by atoms with Crippen LogP contribution in [-0.4, -0.2) is 19.3 Å². The minimum Gasteiger partial charge on any atom is -0.323 e. The Morgan fingerprint density at radius 3 is 2.41 bits per heavy atom. The summed E-state index contributed by atoms with van der Waals surface area (Å²) >= 11 is 0. The quantitative estimate of drug-likeness (QED) is 0.556. The van der Waals surface area contributed by atoms with Crippen molar-refractivity contribution in [2.75, 3.05) is 0 Å². The maximum Gasteiger partial charge on any atom is 0.150 e. The van der Waals surface area contributed by atoms with E-state index in [-0.39, 0.29) is 0 Å². The van der Waals surface area contributed by atoms with Crippen molar-refractivity contribution in [1.82, 2.24) is 19.3 Å². The van der Waals surface area contributed by atoms with Crippen molar-refractivity contribution in [3.63, 3.8) is 0 Å². The molecule has 2 aromatic heterocycles. The fourth-order valence-electron chi connectivity index (χ4n) is 3.08. The standard InChI is InChI=1S/C22H27N5/c1-3-5-7-21-24-22(8-6-4-2)27(25-21)17-18-9-11-20(12-10-18)26-14-13-19(15-23)16-26/h9-14,16H,3-8,17H2,1-2H3. The van der Waals surface area contributed by atoms with Crippen molar-refractivity contribution < 1.29 is 0 Å². The fourth-order valence-corrected chi connectivity index (χ4v) is 3.08. The van der Waals surface area contributed by atoms with Gasteiger partial charge in [0.25, 0.3) is 0 Å². The van der Waals surface area contributed by atoms with Crippen LogP contribution < -0.4 is 0 Å². The van der Waals surface area contributed by atoms with E-state index >= 15 is 0 Å². The summed E-state index contributed by atoms with van der Waals surface area (Å²) in [6, 6.07) is 12.4. The third kappa shape index (κ3) is 4.85. The van der Waals surface area contributed by atoms with Gasteiger partial charge in [-0.25, -0.2) is 9.67 Å². The second kappa shape index (κ2) is 9.18. The molecule has 5 nitrogen and oxygen atoms in total. The summed E-state index contributed by atoms with van der Waals surface area (Å²) in [5, 5.41) is 13.7. The number of nitriles is 1. The molecule has 3 aromatic rings. The molecule has 0 N–H and O–H groups in total. The van der Waals surface area contributed by atoms with Crippen LogP contribution >= 0.6 is 0 Å². The Balaban J connectivity index is 1.75. The number of aryl methyl sites for hydroxylation is 2. The number of rotatable bonds is 9. The monoisotopic (exact) mass is 361 g/mol. The van der Waals surface area contributed by atoms with Gasteiger partial charge in [0.1, 0.15) is 11.9 Å². The Labute approximate surface area is 161 Å². The molecule has 2 heterocycles. The molecule has 0 aliphatic rings. The smallest absolute Gasteiger partial charge is 0.150 e. The minimum atomic E-state index is 0.668. The zero-order valence-corrected chi connectivity index (χ0v) is 16.2. The number of hydrogen-bond acceptors (Lipinski definition) is 3. The minimum absolute atomic E-state index is 0.668. The van der Waals surface area contributed by atoms with Crippen LogP contribution in [0.4, 0.5) is 0 Å². The Morgan fingerprint density at radius 2 is 1.74 bits per heavy atom. The van der Waals surface area contributed by atoms with Gasteiger partial charge < -0.3 is 4.57 Å². The van der Waals surface area contributed by atoms with Gasteiger partial charge in [-0.3, -0.25) is 0 Å². The van der Waals surface area contributed by atoms with Gasteiger partial charge >= 0.3 is 0 Å². The molecule has 1 aromatic carbocycles. The van der Waals surface area contributed by atoms with Gasteiger partial charge in [-0.1, -0.05) is 38.8 Å². The van der Waals surface area contributed by atoms with E-state index < -0.39 is 0 Å². The molecular formula is C22H27N5. The Morgan fingerprint density at radius 1 is 1.00 bits per heavy atom. The number of aromatic nitrogens is 4. The van der Waals surface area contributed by atoms with Crippen molar-refractivity contribution in [2.24, 2.45) is 0 Å². The molecule has 0 fully saturated rings. The van der Waals surface area contributed by atoms with Crippen LogP contribution in [0.1, 0.15) is 62.3 Å². The molecule has 27 heavy (non-hydrogen) atoms. The molecule has 0 atom stereocenters. The highest BCUT2D eigenvalue weighted by Crippen LogP contribution is 2.14. The van der Waals surface area contributed by atoms with Gasteiger partial charge in [-0.2, -0.15) is 10.4 Å². The summed E-state index contributed by atoms with van der Waals surface area (Å²) in [7, 11) is 0. The summed E-state index contributed by atoms with van der Waals surface area (Å²) in [5.74, 6) is 2.06. The number of benzene rings is 1. The lowest BCUT2D eigenvalue weighted by atomic mass is 10.2. The molecule has 0 aliphatic heterocycles. The van der Waals surface area contributed by atoms with Crippen molar-refractivity contribution in [3.05, 3.63) is 65.5 Å². The van der Waals surface area contributed by atoms with Crippen molar-refractivity contribution in [3.8, 4) is 11.8 Å². The summed E-state index contributed by atoms with van der Waals surface area (Å²) < 4.78 is 4.03. The molecule has 3 rings (SSSR count). The third-order valence-corrected chi connectivity index (χ3v) is 4.69. The lowest BCUT2D eigenvalue weighted by Gasteiger charge is -2.08. The molecular weight excluding hydrogens is 334 g/mol. The largest absolute Gasteiger partial charge is 0.323 e. The summed E-state index contributed by atoms with van der Waals surface area (Å²) in [4.78, 5) is 4.78. The normalized spacial score (nSPS) is 10.9. The molecule has 0 bridgehead atoms. The van der Waals surface area contributed by atoms with Crippen molar-refractivity contribution in [1.29, 1.82) is 5.26 Å². The van der Waals surface area contributed by atoms with Crippen LogP contribution in [0.15, 0.2) is 42.7 Å². The van der Waals surface area contributed by atoms with Gasteiger partial charge in [-0.15, -0.1) is 0 Å². The first kappa shape index (κ1) is 18.9. The van der Waals surface area contributed by atoms with E-state index in [2.05, 4.69) is 48.9 Å². The van der Waals surface area contributed by atoms with Crippen LogP contribution in [-0.2, 0) is 19.4 Å². The molecule has 0 saturated carbocycles. The van der Waals surface area contributed by atoms with Crippen LogP contribution in [0.5, 0.6) is 0 Å². The molecule has 0 spiro atoms. The first-order valence-electron chi connectivity index (χ1n) is 9.83. The topological polar surface area (TPSA) is 59.4 Å². The molecule has 0 unspecified atom stereocenters. The highest BCUT2D eigenvalue weighted by Gasteiger charge is 2.10. The van der Waals surface area contributed by atoms with Gasteiger partial charge in [0, 0.05) is 30.9 Å². The Bertz CT molecular complexity index is 896. The highest BCUT2D eigenvalue weighted by atomic mass is 15.3. The van der Waals surface area contributed by atoms with Gasteiger partial charge in [0.05, 0.1) is 12.1 Å². The second-order valence-electron chi connectivity index (χ2n) is 6.89. The second-order valence-corrected chi connectivity index (χ2v) is 6.89. The number of nitrogens with zero attached hydrogens (tertiary/aromatic N) is 5. The maximum atomic E-state index is 8.97. The Kier molecular flexibility index (Phi) is 6.43. The average molecular weight is 361 g/mol. The van der Waals surface area contributed by atoms with E-state index in [1.54, 1.807) is 0 Å². The van der Waals surface area contributed by atoms with E-state index in [0.29, 0.717) is 5.56 Å². The van der Waals surface area contributed by atoms with Crippen LogP contribution in [0.25, 0.3) is 5.69 Å². The van der Waals surface area contributed by atoms with Crippen molar-refractivity contribution in [2.45, 2.75) is 58.9 Å². The molecule has 5 heteroatoms. The first-order valence-corrected chi connectivity index (χ1v) is 9.83. The SMILES string of the molecule is CCCCc1nc(CCCC)n(Cc2ccc(-n3ccc(C#N)c3)cc2)n1. The molecule has 0 aliphatic carbocycles. The van der Waals surface area contributed by atoms with Crippen LogP contribution in [0.3, 0.4) is 0 Å². The van der Waals surface area contributed by atoms with E-state index in [9.17, 15) is 0 Å². The third-order valence-electron chi connectivity index (χ3n) is 4.69. The fraction of sp³-hybridized carbons (Fsp3) is 0.409. The van der Waals surface area contributed by atoms with E-state index in [4.69, 9.17) is 15.3 Å². The van der Waals surface area contributed by atoms with Gasteiger partial charge in [-0.05, 0) is 36.6 Å². The first-order chi connectivity index (χ1) is 13.2. The summed E-state index contributed by atoms with van der Waals surface area (Å²) in [6.45, 7) is 5.14. The van der Waals surface area contributed by atoms with E-state index in [1.165, 1.54) is 5.56 Å². The predicted molar refractivity (Wildman–Crippen MR) is 107 cm³/mol. The lowest BCUT2D eigenvalue weighted by molar-refractivity contribution is 0.612. The summed E-state index contributed by atoms with van der Waals surface area (Å²) in [6.07, 6.45) is 10.3. The molecule has 0 saturated heterocycles. The van der Waals surface area contributed by atoms with E-state index in [1.807, 2.05) is 23.0 Å². The number of unbranched alkanes of at least 4 members (excludes halogenated alkanes) is 2. The molecule has 0 radical (unpaired) electrons. The van der Waals surface area contributed by atoms with Crippen molar-refractivity contribution >= 4 is 0 Å². The summed E-state index contributed by atoms with van der Waals surface area (Å²) in [5.41, 5.74) is 2.92. The predicted octanol–water partition coefficient (Wildman–Crippen LogP) is 4.67. The van der Waals surface area contributed by atoms with Crippen LogP contribution in [0, 0.1) is 11.3 Å². The van der Waals surface area contributed by atoms with Gasteiger partial charge in [0.2, 0.25) is 0 Å². The molecule has 140 valence electrons. The average Bonchev–Trinajstić information content (AvgIpc) is 3.32. The number of hydrogen-bond donors (Lipinski definition) is 0. The van der Waals surface area contributed by atoms with E-state index in [0.717, 1.165) is 62.4 Å². The maximum absolute atomic E-state index is 8.97. The lowest BCUT2D eigenvalue weighted by Crippen LogP contribution is -2.07. The van der Waals surface area contributed by atoms with Gasteiger partial charge in [0.15, 0.2) is 5.82 Å². The zero-order valence-electron chi connectivity index (χ0n) is 16.2.